The quantitative estimate of drug-likeness (QED) is 0.781. The van der Waals surface area contributed by atoms with Crippen molar-refractivity contribution in [2.75, 3.05) is 6.61 Å². The molecule has 0 aromatic carbocycles. The molecule has 0 amide bonds. The standard InChI is InChI=1S/C12H17NO3/c1-7-3-4-9(8(2)13-7)11-5-10(15)12(6-14)16-11/h3-4,10-12,14-15H,5-6H2,1-2H3/t10-,11+,12+/m0/s1. The van der Waals surface area contributed by atoms with E-state index in [1.807, 2.05) is 26.0 Å². The van der Waals surface area contributed by atoms with E-state index < -0.39 is 12.2 Å². The van der Waals surface area contributed by atoms with E-state index in [1.54, 1.807) is 0 Å². The maximum atomic E-state index is 9.66. The fourth-order valence-corrected chi connectivity index (χ4v) is 2.13. The molecule has 3 atom stereocenters. The van der Waals surface area contributed by atoms with Crippen molar-refractivity contribution in [2.45, 2.75) is 38.6 Å². The van der Waals surface area contributed by atoms with Gasteiger partial charge in [0.05, 0.1) is 18.8 Å². The zero-order valence-electron chi connectivity index (χ0n) is 9.55. The Bertz CT molecular complexity index is 381. The van der Waals surface area contributed by atoms with Gasteiger partial charge in [0.1, 0.15) is 6.10 Å². The van der Waals surface area contributed by atoms with E-state index in [2.05, 4.69) is 4.98 Å². The van der Waals surface area contributed by atoms with Gasteiger partial charge in [-0.05, 0) is 19.9 Å². The van der Waals surface area contributed by atoms with Crippen LogP contribution in [-0.4, -0.2) is 34.0 Å². The number of aromatic nitrogens is 1. The lowest BCUT2D eigenvalue weighted by molar-refractivity contribution is -0.0227. The fraction of sp³-hybridized carbons (Fsp3) is 0.583. The minimum Gasteiger partial charge on any atom is -0.394 e. The third-order valence-corrected chi connectivity index (χ3v) is 3.02. The number of pyridine rings is 1. The molecule has 2 rings (SSSR count). The van der Waals surface area contributed by atoms with Crippen LogP contribution in [0.1, 0.15) is 29.5 Å². The third-order valence-electron chi connectivity index (χ3n) is 3.02. The number of hydrogen-bond donors (Lipinski definition) is 2. The minimum absolute atomic E-state index is 0.143. The molecule has 1 aromatic rings. The van der Waals surface area contributed by atoms with Crippen molar-refractivity contribution < 1.29 is 14.9 Å². The first-order valence-corrected chi connectivity index (χ1v) is 5.50. The molecule has 4 nitrogen and oxygen atoms in total. The summed E-state index contributed by atoms with van der Waals surface area (Å²) in [5.41, 5.74) is 2.90. The summed E-state index contributed by atoms with van der Waals surface area (Å²) in [4.78, 5) is 4.37. The Kier molecular flexibility index (Phi) is 3.23. The third kappa shape index (κ3) is 2.09. The van der Waals surface area contributed by atoms with Gasteiger partial charge in [-0.25, -0.2) is 0 Å². The summed E-state index contributed by atoms with van der Waals surface area (Å²) in [6, 6.07) is 3.92. The number of aryl methyl sites for hydroxylation is 2. The van der Waals surface area contributed by atoms with E-state index in [9.17, 15) is 5.11 Å². The molecule has 88 valence electrons. The van der Waals surface area contributed by atoms with Crippen molar-refractivity contribution in [1.82, 2.24) is 4.98 Å². The van der Waals surface area contributed by atoms with Crippen LogP contribution in [-0.2, 0) is 4.74 Å². The average molecular weight is 223 g/mol. The number of aliphatic hydroxyl groups is 2. The van der Waals surface area contributed by atoms with E-state index in [-0.39, 0.29) is 12.7 Å². The number of nitrogens with zero attached hydrogens (tertiary/aromatic N) is 1. The highest BCUT2D eigenvalue weighted by atomic mass is 16.5. The first-order chi connectivity index (χ1) is 7.61. The molecule has 1 saturated heterocycles. The Morgan fingerprint density at radius 2 is 2.19 bits per heavy atom. The molecule has 0 saturated carbocycles. The minimum atomic E-state index is -0.587. The zero-order chi connectivity index (χ0) is 11.7. The van der Waals surface area contributed by atoms with Crippen LogP contribution in [0, 0.1) is 13.8 Å². The van der Waals surface area contributed by atoms with Gasteiger partial charge >= 0.3 is 0 Å². The Morgan fingerprint density at radius 1 is 1.44 bits per heavy atom. The smallest absolute Gasteiger partial charge is 0.107 e. The second-order valence-corrected chi connectivity index (χ2v) is 4.28. The lowest BCUT2D eigenvalue weighted by Gasteiger charge is -2.14. The number of aliphatic hydroxyl groups excluding tert-OH is 2. The highest BCUT2D eigenvalue weighted by Gasteiger charge is 2.34. The van der Waals surface area contributed by atoms with Crippen molar-refractivity contribution in [3.8, 4) is 0 Å². The van der Waals surface area contributed by atoms with Gasteiger partial charge in [-0.1, -0.05) is 6.07 Å². The summed E-state index contributed by atoms with van der Waals surface area (Å²) in [5.74, 6) is 0. The molecule has 0 aliphatic carbocycles. The molecular weight excluding hydrogens is 206 g/mol. The van der Waals surface area contributed by atoms with E-state index in [0.29, 0.717) is 6.42 Å². The summed E-state index contributed by atoms with van der Waals surface area (Å²) in [7, 11) is 0. The van der Waals surface area contributed by atoms with E-state index >= 15 is 0 Å². The first-order valence-electron chi connectivity index (χ1n) is 5.50. The van der Waals surface area contributed by atoms with Crippen LogP contribution in [0.2, 0.25) is 0 Å². The molecule has 1 fully saturated rings. The molecule has 1 aliphatic heterocycles. The lowest BCUT2D eigenvalue weighted by atomic mass is 10.0. The lowest BCUT2D eigenvalue weighted by Crippen LogP contribution is -2.24. The maximum Gasteiger partial charge on any atom is 0.107 e. The van der Waals surface area contributed by atoms with Gasteiger partial charge in [-0.15, -0.1) is 0 Å². The van der Waals surface area contributed by atoms with Crippen molar-refractivity contribution in [1.29, 1.82) is 0 Å². The van der Waals surface area contributed by atoms with Crippen LogP contribution in [0.25, 0.3) is 0 Å². The summed E-state index contributed by atoms with van der Waals surface area (Å²) in [5, 5.41) is 18.7. The monoisotopic (exact) mass is 223 g/mol. The average Bonchev–Trinajstić information content (AvgIpc) is 2.59. The van der Waals surface area contributed by atoms with Gasteiger partial charge in [0, 0.05) is 23.4 Å². The van der Waals surface area contributed by atoms with Crippen LogP contribution in [0.15, 0.2) is 12.1 Å². The predicted octanol–water partition coefficient (Wildman–Crippen LogP) is 0.882. The molecule has 0 unspecified atom stereocenters. The Labute approximate surface area is 94.9 Å². The molecular formula is C12H17NO3. The highest BCUT2D eigenvalue weighted by Crippen LogP contribution is 2.33. The largest absolute Gasteiger partial charge is 0.394 e. The molecule has 16 heavy (non-hydrogen) atoms. The Morgan fingerprint density at radius 3 is 2.75 bits per heavy atom. The predicted molar refractivity (Wildman–Crippen MR) is 59.0 cm³/mol. The van der Waals surface area contributed by atoms with Crippen molar-refractivity contribution in [3.05, 3.63) is 29.1 Å². The second kappa shape index (κ2) is 4.49. The molecule has 1 aromatic heterocycles. The molecule has 2 heterocycles. The summed E-state index contributed by atoms with van der Waals surface area (Å²) in [6.07, 6.45) is -0.682. The van der Waals surface area contributed by atoms with Crippen molar-refractivity contribution >= 4 is 0 Å². The molecule has 1 aliphatic rings. The fourth-order valence-electron chi connectivity index (χ4n) is 2.13. The zero-order valence-corrected chi connectivity index (χ0v) is 9.55. The second-order valence-electron chi connectivity index (χ2n) is 4.28. The van der Waals surface area contributed by atoms with Crippen LogP contribution < -0.4 is 0 Å². The molecule has 0 radical (unpaired) electrons. The van der Waals surface area contributed by atoms with Gasteiger partial charge in [0.15, 0.2) is 0 Å². The molecule has 2 N–H and O–H groups in total. The van der Waals surface area contributed by atoms with Crippen molar-refractivity contribution in [3.63, 3.8) is 0 Å². The molecule has 4 heteroatoms. The van der Waals surface area contributed by atoms with Crippen LogP contribution in [0.3, 0.4) is 0 Å². The van der Waals surface area contributed by atoms with Gasteiger partial charge < -0.3 is 14.9 Å². The summed E-state index contributed by atoms with van der Waals surface area (Å²) >= 11 is 0. The van der Waals surface area contributed by atoms with Gasteiger partial charge in [-0.3, -0.25) is 4.98 Å². The van der Waals surface area contributed by atoms with Crippen molar-refractivity contribution in [2.24, 2.45) is 0 Å². The first kappa shape index (κ1) is 11.5. The molecule has 0 bridgehead atoms. The van der Waals surface area contributed by atoms with Crippen LogP contribution >= 0.6 is 0 Å². The van der Waals surface area contributed by atoms with Crippen LogP contribution in [0.5, 0.6) is 0 Å². The Hall–Kier alpha value is -0.970. The van der Waals surface area contributed by atoms with E-state index in [1.165, 1.54) is 0 Å². The Balaban J connectivity index is 2.20. The van der Waals surface area contributed by atoms with Crippen LogP contribution in [0.4, 0.5) is 0 Å². The van der Waals surface area contributed by atoms with Gasteiger partial charge in [0.25, 0.3) is 0 Å². The summed E-state index contributed by atoms with van der Waals surface area (Å²) < 4.78 is 5.59. The van der Waals surface area contributed by atoms with E-state index in [0.717, 1.165) is 17.0 Å². The number of ether oxygens (including phenoxy) is 1. The molecule has 0 spiro atoms. The van der Waals surface area contributed by atoms with Gasteiger partial charge in [0.2, 0.25) is 0 Å². The number of rotatable bonds is 2. The SMILES string of the molecule is Cc1ccc([C@H]2C[C@H](O)[C@@H](CO)O2)c(C)n1. The maximum absolute atomic E-state index is 9.66. The topological polar surface area (TPSA) is 62.6 Å². The summed E-state index contributed by atoms with van der Waals surface area (Å²) in [6.45, 7) is 3.73. The number of hydrogen-bond acceptors (Lipinski definition) is 4. The van der Waals surface area contributed by atoms with E-state index in [4.69, 9.17) is 9.84 Å². The normalized spacial score (nSPS) is 29.6. The van der Waals surface area contributed by atoms with Gasteiger partial charge in [-0.2, -0.15) is 0 Å². The highest BCUT2D eigenvalue weighted by molar-refractivity contribution is 5.25.